The standard InChI is InChI=1S/C39H48N4O3S/c1-3-5-6-10-21-43-26(4-2)23-38-25-42-20-11-9-14-32-33(46-37(47)45-32)15-18-39(44,36(38)43)24-29(30(38)17-22-42)34-35-28(16-19-40-34)27-12-7-8-13-31(27)41-35/h3-4,7-8,12-13,16,19,24,26,30,32-33,36,41,44H,1-2,5-6,9-11,14-15,17-18,20-23,25H2/t26-,30-,32+,33-,36+,38-,39-/m0/s1. The molecular weight excluding hydrogens is 605 g/mol. The van der Waals surface area contributed by atoms with E-state index in [1.54, 1.807) is 0 Å². The van der Waals surface area contributed by atoms with Crippen LogP contribution < -0.4 is 0 Å². The smallest absolute Gasteiger partial charge is 0.353 e. The van der Waals surface area contributed by atoms with Crippen molar-refractivity contribution in [2.45, 2.75) is 94.1 Å². The van der Waals surface area contributed by atoms with Gasteiger partial charge in [-0.25, -0.2) is 0 Å². The SMILES string of the molecule is C=CCCCCN1[C@@H]2[C@@]3(C[C@@H]1C=C)CN1CCCC[C@H]4OC(=S)O[C@H]4CC[C@]2(O)C=C(c2nccc4c2[nH]c2ccccc24)[C@@H]3CC1. The fraction of sp³-hybridized carbons (Fsp3) is 0.538. The maximum absolute atomic E-state index is 13.4. The lowest BCUT2D eigenvalue weighted by Gasteiger charge is -2.58. The first-order valence-corrected chi connectivity index (χ1v) is 18.2. The second-order valence-corrected chi connectivity index (χ2v) is 15.1. The summed E-state index contributed by atoms with van der Waals surface area (Å²) in [5.41, 5.74) is 3.10. The van der Waals surface area contributed by atoms with Gasteiger partial charge in [-0.2, -0.15) is 0 Å². The number of hydrogen-bond acceptors (Lipinski definition) is 7. The van der Waals surface area contributed by atoms with Crippen LogP contribution >= 0.6 is 12.2 Å². The Balaban J connectivity index is 1.30. The molecule has 8 atom stereocenters. The molecule has 3 aromatic rings. The fourth-order valence-corrected chi connectivity index (χ4v) is 10.5. The van der Waals surface area contributed by atoms with Crippen LogP contribution in [0.2, 0.25) is 0 Å². The zero-order valence-electron chi connectivity index (χ0n) is 27.4. The number of ether oxygens (including phenoxy) is 2. The van der Waals surface area contributed by atoms with E-state index in [9.17, 15) is 5.11 Å². The summed E-state index contributed by atoms with van der Waals surface area (Å²) in [6, 6.07) is 10.8. The highest BCUT2D eigenvalue weighted by molar-refractivity contribution is 7.79. The molecule has 6 heterocycles. The molecule has 2 aromatic heterocycles. The van der Waals surface area contributed by atoms with E-state index in [1.807, 2.05) is 12.3 Å². The molecular formula is C39H48N4O3S. The lowest BCUT2D eigenvalue weighted by Crippen LogP contribution is -2.65. The van der Waals surface area contributed by atoms with Crippen LogP contribution in [0.3, 0.4) is 0 Å². The summed E-state index contributed by atoms with van der Waals surface area (Å²) in [5.74, 6) is 0.269. The monoisotopic (exact) mass is 652 g/mol. The fourth-order valence-electron chi connectivity index (χ4n) is 10.2. The maximum atomic E-state index is 13.4. The number of aromatic nitrogens is 2. The van der Waals surface area contributed by atoms with E-state index >= 15 is 0 Å². The van der Waals surface area contributed by atoms with Gasteiger partial charge < -0.3 is 24.5 Å². The summed E-state index contributed by atoms with van der Waals surface area (Å²) in [6.07, 6.45) is 17.7. The topological polar surface area (TPSA) is 73.8 Å². The van der Waals surface area contributed by atoms with Crippen molar-refractivity contribution in [1.29, 1.82) is 0 Å². The van der Waals surface area contributed by atoms with Crippen molar-refractivity contribution >= 4 is 44.8 Å². The molecule has 4 fully saturated rings. The largest absolute Gasteiger partial charge is 0.450 e. The molecule has 4 aliphatic heterocycles. The van der Waals surface area contributed by atoms with Crippen LogP contribution in [0.4, 0.5) is 0 Å². The highest BCUT2D eigenvalue weighted by atomic mass is 32.1. The van der Waals surface area contributed by atoms with Gasteiger partial charge >= 0.3 is 5.24 Å². The number of nitrogens with zero attached hydrogens (tertiary/aromatic N) is 3. The summed E-state index contributed by atoms with van der Waals surface area (Å²) in [4.78, 5) is 14.2. The van der Waals surface area contributed by atoms with Crippen LogP contribution in [-0.2, 0) is 9.47 Å². The Morgan fingerprint density at radius 1 is 1.04 bits per heavy atom. The van der Waals surface area contributed by atoms with Crippen molar-refractivity contribution < 1.29 is 14.6 Å². The minimum absolute atomic E-state index is 0.0475. The van der Waals surface area contributed by atoms with Crippen molar-refractivity contribution in [3.63, 3.8) is 0 Å². The average Bonchev–Trinajstić information content (AvgIpc) is 3.74. The van der Waals surface area contributed by atoms with Gasteiger partial charge in [0.05, 0.1) is 22.9 Å². The van der Waals surface area contributed by atoms with Gasteiger partial charge in [0.2, 0.25) is 0 Å². The number of nitrogens with one attached hydrogen (secondary N) is 1. The Bertz CT molecular complexity index is 1720. The molecule has 47 heavy (non-hydrogen) atoms. The van der Waals surface area contributed by atoms with Gasteiger partial charge in [0.15, 0.2) is 0 Å². The van der Waals surface area contributed by atoms with Gasteiger partial charge in [0, 0.05) is 52.7 Å². The van der Waals surface area contributed by atoms with Crippen LogP contribution in [0.25, 0.3) is 27.4 Å². The van der Waals surface area contributed by atoms with Crippen molar-refractivity contribution in [2.75, 3.05) is 26.2 Å². The number of piperidine rings is 1. The molecule has 0 saturated carbocycles. The lowest BCUT2D eigenvalue weighted by molar-refractivity contribution is -0.0929. The van der Waals surface area contributed by atoms with Gasteiger partial charge in [-0.3, -0.25) is 9.88 Å². The van der Waals surface area contributed by atoms with Gasteiger partial charge in [-0.05, 0) is 114 Å². The van der Waals surface area contributed by atoms with Crippen molar-refractivity contribution in [2.24, 2.45) is 11.3 Å². The summed E-state index contributed by atoms with van der Waals surface area (Å²) in [7, 11) is 0. The van der Waals surface area contributed by atoms with E-state index in [-0.39, 0.29) is 40.9 Å². The molecule has 7 nitrogen and oxygen atoms in total. The molecule has 2 N–H and O–H groups in total. The first-order chi connectivity index (χ1) is 22.9. The number of allylic oxidation sites excluding steroid dienone is 2. The van der Waals surface area contributed by atoms with Crippen LogP contribution in [0.1, 0.15) is 69.9 Å². The summed E-state index contributed by atoms with van der Waals surface area (Å²) < 4.78 is 12.2. The van der Waals surface area contributed by atoms with Gasteiger partial charge in [0.1, 0.15) is 12.2 Å². The maximum Gasteiger partial charge on any atom is 0.353 e. The first kappa shape index (κ1) is 31.2. The van der Waals surface area contributed by atoms with E-state index in [4.69, 9.17) is 26.7 Å². The summed E-state index contributed by atoms with van der Waals surface area (Å²) >= 11 is 5.41. The number of likely N-dealkylation sites (tertiary alicyclic amines) is 1. The molecule has 1 aliphatic carbocycles. The third-order valence-electron chi connectivity index (χ3n) is 12.1. The Morgan fingerprint density at radius 3 is 2.74 bits per heavy atom. The van der Waals surface area contributed by atoms with Crippen molar-refractivity contribution in [3.05, 3.63) is 73.6 Å². The molecule has 0 radical (unpaired) electrons. The normalized spacial score (nSPS) is 35.6. The van der Waals surface area contributed by atoms with Crippen LogP contribution in [-0.4, -0.2) is 86.2 Å². The predicted octanol–water partition coefficient (Wildman–Crippen LogP) is 7.17. The molecule has 8 heteroatoms. The Labute approximate surface area is 283 Å². The Hall–Kier alpha value is -3.04. The van der Waals surface area contributed by atoms with Gasteiger partial charge in [-0.15, -0.1) is 13.2 Å². The van der Waals surface area contributed by atoms with E-state index in [1.165, 1.54) is 16.3 Å². The lowest BCUT2D eigenvalue weighted by atomic mass is 9.54. The van der Waals surface area contributed by atoms with Crippen LogP contribution in [0.15, 0.2) is 67.9 Å². The average molecular weight is 653 g/mol. The number of para-hydroxylation sites is 1. The van der Waals surface area contributed by atoms with E-state index in [0.717, 1.165) is 94.3 Å². The summed E-state index contributed by atoms with van der Waals surface area (Å²) in [6.45, 7) is 12.3. The molecule has 5 aliphatic rings. The number of aromatic amines is 1. The number of hydrogen-bond donors (Lipinski definition) is 2. The first-order valence-electron chi connectivity index (χ1n) is 17.8. The van der Waals surface area contributed by atoms with Gasteiger partial charge in [-0.1, -0.05) is 30.4 Å². The molecule has 3 bridgehead atoms. The molecule has 1 unspecified atom stereocenters. The number of aliphatic hydroxyl groups is 1. The highest BCUT2D eigenvalue weighted by Gasteiger charge is 2.66. The van der Waals surface area contributed by atoms with Crippen molar-refractivity contribution in [3.8, 4) is 0 Å². The third-order valence-corrected chi connectivity index (χ3v) is 12.3. The number of pyridine rings is 1. The number of thiocarbonyl (C=S) groups is 1. The predicted molar refractivity (Wildman–Crippen MR) is 192 cm³/mol. The minimum atomic E-state index is -1.10. The number of unbranched alkanes of at least 4 members (excludes halogenated alkanes) is 2. The number of H-pyrrole nitrogens is 1. The zero-order chi connectivity index (χ0) is 32.2. The number of rotatable bonds is 7. The van der Waals surface area contributed by atoms with E-state index in [0.29, 0.717) is 12.8 Å². The zero-order valence-corrected chi connectivity index (χ0v) is 28.2. The van der Waals surface area contributed by atoms with Crippen molar-refractivity contribution in [1.82, 2.24) is 19.8 Å². The quantitative estimate of drug-likeness (QED) is 0.159. The van der Waals surface area contributed by atoms with Crippen LogP contribution in [0.5, 0.6) is 0 Å². The Morgan fingerprint density at radius 2 is 1.89 bits per heavy atom. The minimum Gasteiger partial charge on any atom is -0.450 e. The summed E-state index contributed by atoms with van der Waals surface area (Å²) in [5, 5.41) is 16.1. The third kappa shape index (κ3) is 5.27. The number of benzene rings is 1. The van der Waals surface area contributed by atoms with E-state index < -0.39 is 5.60 Å². The van der Waals surface area contributed by atoms with Crippen LogP contribution in [0, 0.1) is 11.3 Å². The molecule has 248 valence electrons. The second kappa shape index (κ2) is 12.4. The second-order valence-electron chi connectivity index (χ2n) is 14.7. The molecule has 1 spiro atoms. The molecule has 4 saturated heterocycles. The van der Waals surface area contributed by atoms with E-state index in [2.05, 4.69) is 70.4 Å². The molecule has 1 aromatic carbocycles. The molecule has 8 rings (SSSR count). The molecule has 0 amide bonds. The highest BCUT2D eigenvalue weighted by Crippen LogP contribution is 2.61. The van der Waals surface area contributed by atoms with Gasteiger partial charge in [0.25, 0.3) is 0 Å². The number of fused-ring (bicyclic) bond motifs is 5. The Kier molecular flexibility index (Phi) is 8.27.